The molecule has 2 aliphatic rings. The molecule has 41 heavy (non-hydrogen) atoms. The molecule has 2 aliphatic heterocycles. The number of anilines is 3. The molecule has 212 valence electrons. The zero-order valence-corrected chi connectivity index (χ0v) is 22.9. The standard InChI is InChI=1S/C30H33N7O4/c1-20-24(5-2-6-25(20)34-30(40)37-10-3-4-23(37)19-38)22-16-26(28-31-9-11-36(28)18-22)33-27-8-7-21(17-32-27)29(39)35-12-14-41-15-13-35/h2,5-9,11,16-18,23,38H,3-4,10,12-15,19H2,1H3,(H,32,33)(H,34,40)/t23-/m0/s1. The number of hydrogen-bond acceptors (Lipinski definition) is 7. The summed E-state index contributed by atoms with van der Waals surface area (Å²) in [5, 5.41) is 16.0. The molecule has 1 atom stereocenters. The van der Waals surface area contributed by atoms with Crippen molar-refractivity contribution < 1.29 is 19.4 Å². The Bertz CT molecular complexity index is 1560. The van der Waals surface area contributed by atoms with Crippen molar-refractivity contribution in [3.8, 4) is 11.1 Å². The lowest BCUT2D eigenvalue weighted by Gasteiger charge is -2.26. The van der Waals surface area contributed by atoms with Crippen LogP contribution in [0.5, 0.6) is 0 Å². The van der Waals surface area contributed by atoms with Crippen molar-refractivity contribution in [2.75, 3.05) is 50.1 Å². The topological polar surface area (TPSA) is 124 Å². The number of aromatic nitrogens is 3. The summed E-state index contributed by atoms with van der Waals surface area (Å²) >= 11 is 0. The van der Waals surface area contributed by atoms with Crippen LogP contribution in [0, 0.1) is 6.92 Å². The predicted molar refractivity (Wildman–Crippen MR) is 155 cm³/mol. The predicted octanol–water partition coefficient (Wildman–Crippen LogP) is 3.91. The Hall–Kier alpha value is -4.48. The van der Waals surface area contributed by atoms with E-state index >= 15 is 0 Å². The second-order valence-electron chi connectivity index (χ2n) is 10.3. The van der Waals surface area contributed by atoms with E-state index in [-0.39, 0.29) is 24.6 Å². The highest BCUT2D eigenvalue weighted by atomic mass is 16.5. The molecule has 0 unspecified atom stereocenters. The fourth-order valence-corrected chi connectivity index (χ4v) is 5.52. The molecule has 1 aromatic carbocycles. The summed E-state index contributed by atoms with van der Waals surface area (Å²) in [5.74, 6) is 0.538. The van der Waals surface area contributed by atoms with Gasteiger partial charge in [0.2, 0.25) is 0 Å². The first-order valence-electron chi connectivity index (χ1n) is 13.9. The molecule has 0 aliphatic carbocycles. The van der Waals surface area contributed by atoms with Gasteiger partial charge in [0.25, 0.3) is 5.91 Å². The van der Waals surface area contributed by atoms with E-state index in [1.807, 2.05) is 48.0 Å². The third kappa shape index (κ3) is 5.46. The molecule has 11 nitrogen and oxygen atoms in total. The molecule has 5 heterocycles. The average Bonchev–Trinajstić information content (AvgIpc) is 3.69. The molecular weight excluding hydrogens is 522 g/mol. The van der Waals surface area contributed by atoms with Crippen molar-refractivity contribution in [1.82, 2.24) is 24.2 Å². The first kappa shape index (κ1) is 26.7. The fraction of sp³-hybridized carbons (Fsp3) is 0.333. The number of aliphatic hydroxyl groups is 1. The molecule has 0 saturated carbocycles. The number of pyridine rings is 2. The summed E-state index contributed by atoms with van der Waals surface area (Å²) in [6.45, 7) is 4.84. The number of carbonyl (C=O) groups is 2. The summed E-state index contributed by atoms with van der Waals surface area (Å²) in [6.07, 6.45) is 8.90. The number of likely N-dealkylation sites (tertiary alicyclic amines) is 1. The molecule has 4 aromatic rings. The Kier molecular flexibility index (Phi) is 7.53. The Labute approximate surface area is 237 Å². The Morgan fingerprint density at radius 3 is 2.73 bits per heavy atom. The largest absolute Gasteiger partial charge is 0.394 e. The van der Waals surface area contributed by atoms with Gasteiger partial charge in [-0.25, -0.2) is 14.8 Å². The third-order valence-electron chi connectivity index (χ3n) is 7.79. The Morgan fingerprint density at radius 1 is 1.10 bits per heavy atom. The summed E-state index contributed by atoms with van der Waals surface area (Å²) in [4.78, 5) is 38.3. The molecule has 2 saturated heterocycles. The molecular formula is C30H33N7O4. The van der Waals surface area contributed by atoms with E-state index in [2.05, 4.69) is 20.6 Å². The van der Waals surface area contributed by atoms with Gasteiger partial charge in [-0.15, -0.1) is 0 Å². The number of imidazole rings is 1. The quantitative estimate of drug-likeness (QED) is 0.330. The van der Waals surface area contributed by atoms with Gasteiger partial charge in [-0.1, -0.05) is 12.1 Å². The first-order chi connectivity index (χ1) is 20.0. The maximum Gasteiger partial charge on any atom is 0.322 e. The van der Waals surface area contributed by atoms with Crippen LogP contribution in [0.15, 0.2) is 61.2 Å². The van der Waals surface area contributed by atoms with Crippen LogP contribution >= 0.6 is 0 Å². The number of rotatable bonds is 6. The van der Waals surface area contributed by atoms with Gasteiger partial charge in [-0.3, -0.25) is 4.79 Å². The molecule has 0 bridgehead atoms. The molecule has 3 N–H and O–H groups in total. The Balaban J connectivity index is 1.25. The fourth-order valence-electron chi connectivity index (χ4n) is 5.52. The average molecular weight is 556 g/mol. The van der Waals surface area contributed by atoms with Gasteiger partial charge in [0, 0.05) is 55.7 Å². The van der Waals surface area contributed by atoms with Crippen molar-refractivity contribution in [2.45, 2.75) is 25.8 Å². The zero-order chi connectivity index (χ0) is 28.3. The van der Waals surface area contributed by atoms with Gasteiger partial charge in [-0.2, -0.15) is 0 Å². The lowest BCUT2D eigenvalue weighted by molar-refractivity contribution is 0.0302. The number of urea groups is 1. The third-order valence-corrected chi connectivity index (χ3v) is 7.79. The molecule has 6 rings (SSSR count). The molecule has 11 heteroatoms. The van der Waals surface area contributed by atoms with Crippen LogP contribution in [0.4, 0.5) is 22.0 Å². The van der Waals surface area contributed by atoms with E-state index in [9.17, 15) is 14.7 Å². The summed E-state index contributed by atoms with van der Waals surface area (Å²) in [7, 11) is 0. The second kappa shape index (κ2) is 11.6. The first-order valence-corrected chi connectivity index (χ1v) is 13.9. The smallest absolute Gasteiger partial charge is 0.322 e. The lowest BCUT2D eigenvalue weighted by atomic mass is 10.00. The van der Waals surface area contributed by atoms with Gasteiger partial charge < -0.3 is 34.7 Å². The summed E-state index contributed by atoms with van der Waals surface area (Å²) in [5.41, 5.74) is 5.56. The van der Waals surface area contributed by atoms with Crippen molar-refractivity contribution in [2.24, 2.45) is 0 Å². The van der Waals surface area contributed by atoms with Crippen molar-refractivity contribution in [1.29, 1.82) is 0 Å². The maximum absolute atomic E-state index is 13.0. The number of carbonyl (C=O) groups excluding carboxylic acids is 2. The minimum Gasteiger partial charge on any atom is -0.394 e. The summed E-state index contributed by atoms with van der Waals surface area (Å²) < 4.78 is 7.28. The number of nitrogens with one attached hydrogen (secondary N) is 2. The van der Waals surface area contributed by atoms with E-state index in [1.165, 1.54) is 0 Å². The molecule has 2 fully saturated rings. The number of morpholine rings is 1. The van der Waals surface area contributed by atoms with E-state index in [1.54, 1.807) is 34.3 Å². The highest BCUT2D eigenvalue weighted by Crippen LogP contribution is 2.33. The second-order valence-corrected chi connectivity index (χ2v) is 10.3. The lowest BCUT2D eigenvalue weighted by Crippen LogP contribution is -2.40. The van der Waals surface area contributed by atoms with E-state index < -0.39 is 0 Å². The highest BCUT2D eigenvalue weighted by molar-refractivity contribution is 5.94. The number of aliphatic hydroxyl groups excluding tert-OH is 1. The molecule has 0 radical (unpaired) electrons. The van der Waals surface area contributed by atoms with Crippen LogP contribution < -0.4 is 10.6 Å². The normalized spacial score (nSPS) is 17.2. The van der Waals surface area contributed by atoms with E-state index in [0.29, 0.717) is 44.2 Å². The van der Waals surface area contributed by atoms with Crippen LogP contribution in [0.1, 0.15) is 28.8 Å². The van der Waals surface area contributed by atoms with Crippen LogP contribution in [0.25, 0.3) is 16.8 Å². The minimum absolute atomic E-state index is 0.0328. The monoisotopic (exact) mass is 555 g/mol. The van der Waals surface area contributed by atoms with Crippen LogP contribution in [-0.4, -0.2) is 86.7 Å². The summed E-state index contributed by atoms with van der Waals surface area (Å²) in [6, 6.07) is 11.1. The van der Waals surface area contributed by atoms with E-state index in [0.717, 1.165) is 46.6 Å². The van der Waals surface area contributed by atoms with Crippen LogP contribution in [0.2, 0.25) is 0 Å². The number of fused-ring (bicyclic) bond motifs is 1. The van der Waals surface area contributed by atoms with Gasteiger partial charge in [0.05, 0.1) is 37.1 Å². The maximum atomic E-state index is 13.0. The number of hydrogen-bond donors (Lipinski definition) is 3. The van der Waals surface area contributed by atoms with E-state index in [4.69, 9.17) is 4.74 Å². The number of amides is 3. The van der Waals surface area contributed by atoms with Crippen LogP contribution in [0.3, 0.4) is 0 Å². The number of benzene rings is 1. The number of ether oxygens (including phenoxy) is 1. The highest BCUT2D eigenvalue weighted by Gasteiger charge is 2.28. The number of nitrogens with zero attached hydrogens (tertiary/aromatic N) is 5. The van der Waals surface area contributed by atoms with Gasteiger partial charge in [-0.05, 0) is 55.2 Å². The Morgan fingerprint density at radius 2 is 1.95 bits per heavy atom. The van der Waals surface area contributed by atoms with Crippen LogP contribution in [-0.2, 0) is 4.74 Å². The molecule has 0 spiro atoms. The van der Waals surface area contributed by atoms with Gasteiger partial charge in [0.15, 0.2) is 5.65 Å². The van der Waals surface area contributed by atoms with Crippen molar-refractivity contribution in [3.63, 3.8) is 0 Å². The molecule has 3 amide bonds. The zero-order valence-electron chi connectivity index (χ0n) is 22.9. The minimum atomic E-state index is -0.198. The van der Waals surface area contributed by atoms with Crippen molar-refractivity contribution >= 4 is 34.8 Å². The van der Waals surface area contributed by atoms with Gasteiger partial charge >= 0.3 is 6.03 Å². The van der Waals surface area contributed by atoms with Gasteiger partial charge in [0.1, 0.15) is 5.82 Å². The SMILES string of the molecule is Cc1c(NC(=O)N2CCC[C@H]2CO)cccc1-c1cc(Nc2ccc(C(=O)N3CCOCC3)cn2)c2nccn2c1. The molecule has 3 aromatic heterocycles. The van der Waals surface area contributed by atoms with Crippen molar-refractivity contribution in [3.05, 3.63) is 72.3 Å².